The molecule has 2 N–H and O–H groups in total. The average Bonchev–Trinajstić information content (AvgIpc) is 3.09. The molecule has 2 aromatic rings. The van der Waals surface area contributed by atoms with Crippen LogP contribution in [0.4, 0.5) is 0 Å². The van der Waals surface area contributed by atoms with Gasteiger partial charge in [-0.2, -0.15) is 0 Å². The van der Waals surface area contributed by atoms with Crippen LogP contribution in [0.15, 0.2) is 36.4 Å². The number of fused-ring (bicyclic) bond motifs is 1. The minimum Gasteiger partial charge on any atom is -0.490 e. The molecule has 0 aromatic heterocycles. The molecule has 0 saturated carbocycles. The number of rotatable bonds is 9. The predicted octanol–water partition coefficient (Wildman–Crippen LogP) is 2.47. The highest BCUT2D eigenvalue weighted by Crippen LogP contribution is 2.32. The van der Waals surface area contributed by atoms with E-state index in [1.807, 2.05) is 43.3 Å². The standard InChI is InChI=1S/C19H23NO5/c1-2-22-18-9-14(3-5-16(18)23-8-7-21)11-20-12-15-4-6-17-19(10-15)25-13-24-17/h3-6,9-10,20-21H,2,7-8,11-13H2,1H3. The Morgan fingerprint density at radius 1 is 0.960 bits per heavy atom. The number of aliphatic hydroxyl groups excluding tert-OH is 1. The summed E-state index contributed by atoms with van der Waals surface area (Å²) in [6, 6.07) is 11.8. The van der Waals surface area contributed by atoms with E-state index in [-0.39, 0.29) is 20.0 Å². The van der Waals surface area contributed by atoms with Gasteiger partial charge in [0.25, 0.3) is 0 Å². The van der Waals surface area contributed by atoms with Crippen molar-refractivity contribution in [1.29, 1.82) is 0 Å². The summed E-state index contributed by atoms with van der Waals surface area (Å²) in [5, 5.41) is 12.3. The summed E-state index contributed by atoms with van der Waals surface area (Å²) in [5.41, 5.74) is 2.23. The molecule has 0 radical (unpaired) electrons. The predicted molar refractivity (Wildman–Crippen MR) is 93.3 cm³/mol. The van der Waals surface area contributed by atoms with Crippen LogP contribution in [-0.4, -0.2) is 31.7 Å². The third kappa shape index (κ3) is 4.55. The van der Waals surface area contributed by atoms with E-state index in [4.69, 9.17) is 24.1 Å². The van der Waals surface area contributed by atoms with Crippen molar-refractivity contribution in [2.45, 2.75) is 20.0 Å². The lowest BCUT2D eigenvalue weighted by Gasteiger charge is -2.13. The molecule has 6 nitrogen and oxygen atoms in total. The smallest absolute Gasteiger partial charge is 0.231 e. The maximum Gasteiger partial charge on any atom is 0.231 e. The normalized spacial score (nSPS) is 12.2. The Balaban J connectivity index is 1.58. The van der Waals surface area contributed by atoms with Gasteiger partial charge < -0.3 is 29.4 Å². The Bertz CT molecular complexity index is 704. The zero-order chi connectivity index (χ0) is 17.5. The maximum absolute atomic E-state index is 8.89. The summed E-state index contributed by atoms with van der Waals surface area (Å²) in [7, 11) is 0. The van der Waals surface area contributed by atoms with Gasteiger partial charge in [0.15, 0.2) is 23.0 Å². The maximum atomic E-state index is 8.89. The van der Waals surface area contributed by atoms with Gasteiger partial charge in [-0.25, -0.2) is 0 Å². The highest BCUT2D eigenvalue weighted by Gasteiger charge is 2.13. The van der Waals surface area contributed by atoms with Crippen LogP contribution < -0.4 is 24.3 Å². The summed E-state index contributed by atoms with van der Waals surface area (Å²) < 4.78 is 21.8. The second-order valence-corrected chi connectivity index (χ2v) is 5.58. The molecule has 0 aliphatic carbocycles. The molecule has 0 bridgehead atoms. The fraction of sp³-hybridized carbons (Fsp3) is 0.368. The molecule has 0 spiro atoms. The van der Waals surface area contributed by atoms with Gasteiger partial charge in [0.2, 0.25) is 6.79 Å². The van der Waals surface area contributed by atoms with Crippen molar-refractivity contribution in [3.05, 3.63) is 47.5 Å². The topological polar surface area (TPSA) is 69.2 Å². The number of hydrogen-bond acceptors (Lipinski definition) is 6. The zero-order valence-electron chi connectivity index (χ0n) is 14.3. The van der Waals surface area contributed by atoms with Crippen LogP contribution in [0.25, 0.3) is 0 Å². The van der Waals surface area contributed by atoms with Gasteiger partial charge in [-0.15, -0.1) is 0 Å². The lowest BCUT2D eigenvalue weighted by atomic mass is 10.1. The minimum atomic E-state index is -0.0234. The van der Waals surface area contributed by atoms with E-state index >= 15 is 0 Å². The van der Waals surface area contributed by atoms with Crippen LogP contribution in [0.1, 0.15) is 18.1 Å². The number of benzene rings is 2. The first-order chi connectivity index (χ1) is 12.3. The fourth-order valence-corrected chi connectivity index (χ4v) is 2.61. The van der Waals surface area contributed by atoms with Gasteiger partial charge in [0, 0.05) is 13.1 Å². The third-order valence-corrected chi connectivity index (χ3v) is 3.75. The third-order valence-electron chi connectivity index (χ3n) is 3.75. The molecular formula is C19H23NO5. The molecule has 0 amide bonds. The van der Waals surface area contributed by atoms with E-state index in [0.29, 0.717) is 24.7 Å². The first-order valence-corrected chi connectivity index (χ1v) is 8.38. The Kier molecular flexibility index (Phi) is 5.98. The van der Waals surface area contributed by atoms with Crippen LogP contribution in [0.5, 0.6) is 23.0 Å². The minimum absolute atomic E-state index is 0.0234. The quantitative estimate of drug-likeness (QED) is 0.728. The molecule has 25 heavy (non-hydrogen) atoms. The lowest BCUT2D eigenvalue weighted by molar-refractivity contribution is 0.174. The van der Waals surface area contributed by atoms with E-state index in [2.05, 4.69) is 5.32 Å². The molecule has 2 aromatic carbocycles. The van der Waals surface area contributed by atoms with Crippen molar-refractivity contribution < 1.29 is 24.1 Å². The summed E-state index contributed by atoms with van der Waals surface area (Å²) >= 11 is 0. The van der Waals surface area contributed by atoms with E-state index in [0.717, 1.165) is 29.2 Å². The number of aliphatic hydroxyl groups is 1. The highest BCUT2D eigenvalue weighted by atomic mass is 16.7. The first-order valence-electron chi connectivity index (χ1n) is 8.38. The molecular weight excluding hydrogens is 322 g/mol. The van der Waals surface area contributed by atoms with Crippen molar-refractivity contribution in [3.63, 3.8) is 0 Å². The molecule has 6 heteroatoms. The average molecular weight is 345 g/mol. The van der Waals surface area contributed by atoms with E-state index in [1.54, 1.807) is 0 Å². The van der Waals surface area contributed by atoms with Crippen LogP contribution in [0.2, 0.25) is 0 Å². The molecule has 1 aliphatic heterocycles. The van der Waals surface area contributed by atoms with Crippen LogP contribution in [0.3, 0.4) is 0 Å². The van der Waals surface area contributed by atoms with Gasteiger partial charge >= 0.3 is 0 Å². The lowest BCUT2D eigenvalue weighted by Crippen LogP contribution is -2.13. The Hall–Kier alpha value is -2.44. The molecule has 3 rings (SSSR count). The number of hydrogen-bond donors (Lipinski definition) is 2. The first kappa shape index (κ1) is 17.4. The fourth-order valence-electron chi connectivity index (χ4n) is 2.61. The van der Waals surface area contributed by atoms with Crippen molar-refractivity contribution in [1.82, 2.24) is 5.32 Å². The van der Waals surface area contributed by atoms with Gasteiger partial charge in [0.05, 0.1) is 13.2 Å². The molecule has 0 fully saturated rings. The molecule has 1 heterocycles. The van der Waals surface area contributed by atoms with E-state index in [9.17, 15) is 0 Å². The summed E-state index contributed by atoms with van der Waals surface area (Å²) in [6.07, 6.45) is 0. The van der Waals surface area contributed by atoms with Gasteiger partial charge in [-0.1, -0.05) is 12.1 Å². The number of nitrogens with one attached hydrogen (secondary N) is 1. The molecule has 1 aliphatic rings. The van der Waals surface area contributed by atoms with Crippen LogP contribution in [-0.2, 0) is 13.1 Å². The number of ether oxygens (including phenoxy) is 4. The SMILES string of the molecule is CCOc1cc(CNCc2ccc3c(c2)OCO3)ccc1OCCO. The Labute approximate surface area is 147 Å². The van der Waals surface area contributed by atoms with Gasteiger partial charge in [-0.3, -0.25) is 0 Å². The van der Waals surface area contributed by atoms with Crippen molar-refractivity contribution >= 4 is 0 Å². The molecule has 0 saturated heterocycles. The zero-order valence-corrected chi connectivity index (χ0v) is 14.3. The molecule has 134 valence electrons. The largest absolute Gasteiger partial charge is 0.490 e. The Morgan fingerprint density at radius 2 is 1.72 bits per heavy atom. The van der Waals surface area contributed by atoms with E-state index in [1.165, 1.54) is 0 Å². The Morgan fingerprint density at radius 3 is 2.52 bits per heavy atom. The van der Waals surface area contributed by atoms with Crippen LogP contribution >= 0.6 is 0 Å². The summed E-state index contributed by atoms with van der Waals surface area (Å²) in [5.74, 6) is 2.93. The van der Waals surface area contributed by atoms with Crippen LogP contribution in [0, 0.1) is 0 Å². The monoisotopic (exact) mass is 345 g/mol. The van der Waals surface area contributed by atoms with Crippen molar-refractivity contribution in [2.24, 2.45) is 0 Å². The molecule has 0 unspecified atom stereocenters. The highest BCUT2D eigenvalue weighted by molar-refractivity contribution is 5.45. The molecule has 0 atom stereocenters. The second kappa shape index (κ2) is 8.60. The van der Waals surface area contributed by atoms with E-state index < -0.39 is 0 Å². The van der Waals surface area contributed by atoms with Crippen molar-refractivity contribution in [3.8, 4) is 23.0 Å². The van der Waals surface area contributed by atoms with Crippen molar-refractivity contribution in [2.75, 3.05) is 26.6 Å². The van der Waals surface area contributed by atoms with Gasteiger partial charge in [-0.05, 0) is 42.3 Å². The van der Waals surface area contributed by atoms with Gasteiger partial charge in [0.1, 0.15) is 6.61 Å². The summed E-state index contributed by atoms with van der Waals surface area (Å²) in [6.45, 7) is 4.44. The second-order valence-electron chi connectivity index (χ2n) is 5.58. The summed E-state index contributed by atoms with van der Waals surface area (Å²) in [4.78, 5) is 0.